The first-order valence-corrected chi connectivity index (χ1v) is 7.90. The predicted molar refractivity (Wildman–Crippen MR) is 78.3 cm³/mol. The molecule has 2 aromatic rings. The number of hydrogen-bond acceptors (Lipinski definition) is 2. The Morgan fingerprint density at radius 3 is 2.76 bits per heavy atom. The maximum atomic E-state index is 6.18. The van der Waals surface area contributed by atoms with Crippen molar-refractivity contribution in [3.05, 3.63) is 51.4 Å². The molecule has 1 heterocycles. The van der Waals surface area contributed by atoms with E-state index in [0.717, 1.165) is 23.2 Å². The smallest absolute Gasteiger partial charge is 0.0794 e. The van der Waals surface area contributed by atoms with Crippen LogP contribution in [0.2, 0.25) is 5.02 Å². The van der Waals surface area contributed by atoms with Gasteiger partial charge in [-0.15, -0.1) is 11.3 Å². The third-order valence-corrected chi connectivity index (χ3v) is 4.59. The third kappa shape index (κ3) is 3.80. The van der Waals surface area contributed by atoms with Crippen LogP contribution >= 0.6 is 38.9 Å². The fourth-order valence-corrected chi connectivity index (χ4v) is 3.03. The van der Waals surface area contributed by atoms with Crippen LogP contribution in [0.25, 0.3) is 0 Å². The lowest BCUT2D eigenvalue weighted by Gasteiger charge is -2.13. The van der Waals surface area contributed by atoms with Crippen molar-refractivity contribution < 1.29 is 0 Å². The van der Waals surface area contributed by atoms with Crippen LogP contribution < -0.4 is 0 Å². The van der Waals surface area contributed by atoms with Gasteiger partial charge in [0, 0.05) is 15.7 Å². The van der Waals surface area contributed by atoms with Crippen molar-refractivity contribution in [1.29, 1.82) is 0 Å². The highest BCUT2D eigenvalue weighted by molar-refractivity contribution is 9.09. The topological polar surface area (TPSA) is 12.9 Å². The highest BCUT2D eigenvalue weighted by atomic mass is 79.9. The zero-order valence-electron chi connectivity index (χ0n) is 9.27. The van der Waals surface area contributed by atoms with Crippen molar-refractivity contribution in [1.82, 2.24) is 4.98 Å². The number of alkyl halides is 1. The van der Waals surface area contributed by atoms with Gasteiger partial charge in [0.2, 0.25) is 0 Å². The number of hydrogen-bond donors (Lipinski definition) is 0. The van der Waals surface area contributed by atoms with Gasteiger partial charge in [-0.1, -0.05) is 45.7 Å². The quantitative estimate of drug-likeness (QED) is 0.731. The van der Waals surface area contributed by atoms with Gasteiger partial charge in [-0.2, -0.15) is 0 Å². The van der Waals surface area contributed by atoms with E-state index in [-0.39, 0.29) is 0 Å². The van der Waals surface area contributed by atoms with Crippen molar-refractivity contribution in [3.63, 3.8) is 0 Å². The maximum Gasteiger partial charge on any atom is 0.0794 e. The van der Waals surface area contributed by atoms with Crippen molar-refractivity contribution >= 4 is 38.9 Å². The van der Waals surface area contributed by atoms with E-state index in [1.165, 1.54) is 11.3 Å². The monoisotopic (exact) mass is 329 g/mol. The minimum Gasteiger partial charge on any atom is -0.250 e. The van der Waals surface area contributed by atoms with Gasteiger partial charge < -0.3 is 0 Å². The zero-order valence-corrected chi connectivity index (χ0v) is 12.4. The van der Waals surface area contributed by atoms with Gasteiger partial charge in [0.1, 0.15) is 0 Å². The van der Waals surface area contributed by atoms with Crippen LogP contribution in [0.1, 0.15) is 11.3 Å². The van der Waals surface area contributed by atoms with Crippen LogP contribution in [-0.4, -0.2) is 10.3 Å². The van der Waals surface area contributed by atoms with Crippen molar-refractivity contribution in [2.24, 2.45) is 5.92 Å². The second-order valence-electron chi connectivity index (χ2n) is 4.00. The zero-order chi connectivity index (χ0) is 12.1. The van der Waals surface area contributed by atoms with Crippen LogP contribution in [0.3, 0.4) is 0 Å². The number of rotatable bonds is 5. The molecule has 1 unspecified atom stereocenters. The Morgan fingerprint density at radius 2 is 2.12 bits per heavy atom. The summed E-state index contributed by atoms with van der Waals surface area (Å²) in [5, 5.41) is 3.94. The lowest BCUT2D eigenvalue weighted by molar-refractivity contribution is 0.584. The molecule has 0 N–H and O–H groups in total. The van der Waals surface area contributed by atoms with E-state index in [1.807, 2.05) is 23.7 Å². The summed E-state index contributed by atoms with van der Waals surface area (Å²) in [5.41, 5.74) is 4.27. The molecule has 0 aliphatic rings. The molecule has 1 aromatic heterocycles. The molecular weight excluding hydrogens is 318 g/mol. The molecular formula is C13H13BrClNS. The molecule has 0 bridgehead atoms. The minimum absolute atomic E-state index is 0.539. The van der Waals surface area contributed by atoms with Gasteiger partial charge in [-0.05, 0) is 30.4 Å². The summed E-state index contributed by atoms with van der Waals surface area (Å²) in [6.45, 7) is 0. The molecule has 1 atom stereocenters. The summed E-state index contributed by atoms with van der Waals surface area (Å²) < 4.78 is 0. The molecule has 0 fully saturated rings. The van der Waals surface area contributed by atoms with E-state index in [4.69, 9.17) is 11.6 Å². The highest BCUT2D eigenvalue weighted by Crippen LogP contribution is 2.22. The molecule has 0 spiro atoms. The Bertz CT molecular complexity index is 458. The fraction of sp³-hybridized carbons (Fsp3) is 0.308. The second kappa shape index (κ2) is 6.53. The molecule has 0 radical (unpaired) electrons. The van der Waals surface area contributed by atoms with E-state index in [1.54, 1.807) is 11.3 Å². The Kier molecular flexibility index (Phi) is 5.01. The van der Waals surface area contributed by atoms with Crippen molar-refractivity contribution in [2.45, 2.75) is 12.8 Å². The Hall–Kier alpha value is -0.380. The molecule has 90 valence electrons. The molecule has 2 rings (SSSR count). The van der Waals surface area contributed by atoms with Gasteiger partial charge >= 0.3 is 0 Å². The first-order valence-electron chi connectivity index (χ1n) is 5.46. The number of aromatic nitrogens is 1. The van der Waals surface area contributed by atoms with Crippen LogP contribution in [0.4, 0.5) is 0 Å². The average molecular weight is 331 g/mol. The average Bonchev–Trinajstić information content (AvgIpc) is 2.84. The molecule has 17 heavy (non-hydrogen) atoms. The minimum atomic E-state index is 0.539. The SMILES string of the molecule is Clc1ccccc1CC(CBr)Cc1cscn1. The van der Waals surface area contributed by atoms with E-state index < -0.39 is 0 Å². The summed E-state index contributed by atoms with van der Waals surface area (Å²) in [5.74, 6) is 0.539. The molecule has 1 aromatic carbocycles. The summed E-state index contributed by atoms with van der Waals surface area (Å²) in [7, 11) is 0. The first kappa shape index (κ1) is 13.1. The Labute approximate surface area is 119 Å². The van der Waals surface area contributed by atoms with Gasteiger partial charge in [0.25, 0.3) is 0 Å². The third-order valence-electron chi connectivity index (χ3n) is 2.67. The lowest BCUT2D eigenvalue weighted by Crippen LogP contribution is -2.10. The molecule has 0 amide bonds. The largest absolute Gasteiger partial charge is 0.250 e. The Morgan fingerprint density at radius 1 is 1.29 bits per heavy atom. The summed E-state index contributed by atoms with van der Waals surface area (Å²) >= 11 is 11.4. The normalized spacial score (nSPS) is 12.6. The van der Waals surface area contributed by atoms with E-state index in [0.29, 0.717) is 5.92 Å². The summed E-state index contributed by atoms with van der Waals surface area (Å²) in [4.78, 5) is 4.33. The molecule has 1 nitrogen and oxygen atoms in total. The van der Waals surface area contributed by atoms with Gasteiger partial charge in [-0.25, -0.2) is 4.98 Å². The molecule has 0 saturated heterocycles. The number of benzene rings is 1. The highest BCUT2D eigenvalue weighted by Gasteiger charge is 2.12. The van der Waals surface area contributed by atoms with Gasteiger partial charge in [-0.3, -0.25) is 0 Å². The van der Waals surface area contributed by atoms with E-state index >= 15 is 0 Å². The van der Waals surface area contributed by atoms with Gasteiger partial charge in [0.05, 0.1) is 11.2 Å². The van der Waals surface area contributed by atoms with Crippen molar-refractivity contribution in [2.75, 3.05) is 5.33 Å². The fourth-order valence-electron chi connectivity index (χ4n) is 1.79. The standard InChI is InChI=1S/C13H13BrClNS/c14-7-10(6-12-8-17-9-16-12)5-11-3-1-2-4-13(11)15/h1-4,8-10H,5-7H2. The maximum absolute atomic E-state index is 6.18. The first-order chi connectivity index (χ1) is 8.29. The molecule has 4 heteroatoms. The van der Waals surface area contributed by atoms with E-state index in [2.05, 4.69) is 32.4 Å². The summed E-state index contributed by atoms with van der Waals surface area (Å²) in [6, 6.07) is 8.05. The van der Waals surface area contributed by atoms with Crippen LogP contribution in [-0.2, 0) is 12.8 Å². The van der Waals surface area contributed by atoms with Crippen LogP contribution in [0, 0.1) is 5.92 Å². The lowest BCUT2D eigenvalue weighted by atomic mass is 9.97. The predicted octanol–water partition coefficient (Wildman–Crippen LogP) is 4.59. The van der Waals surface area contributed by atoms with Gasteiger partial charge in [0.15, 0.2) is 0 Å². The van der Waals surface area contributed by atoms with E-state index in [9.17, 15) is 0 Å². The number of thiazole rings is 1. The molecule has 0 aliphatic carbocycles. The Balaban J connectivity index is 2.03. The number of halogens is 2. The summed E-state index contributed by atoms with van der Waals surface area (Å²) in [6.07, 6.45) is 1.99. The van der Waals surface area contributed by atoms with Crippen LogP contribution in [0.15, 0.2) is 35.2 Å². The number of nitrogens with zero attached hydrogens (tertiary/aromatic N) is 1. The van der Waals surface area contributed by atoms with Crippen LogP contribution in [0.5, 0.6) is 0 Å². The van der Waals surface area contributed by atoms with Crippen molar-refractivity contribution in [3.8, 4) is 0 Å². The second-order valence-corrected chi connectivity index (χ2v) is 5.77. The molecule has 0 saturated carbocycles. The molecule has 0 aliphatic heterocycles.